The van der Waals surface area contributed by atoms with Gasteiger partial charge in [-0.3, -0.25) is 0 Å². The topological polar surface area (TPSA) is 8.81 Å². The largest absolute Gasteiger partial charge is 0.250 e. The molecule has 2 aromatic carbocycles. The van der Waals surface area contributed by atoms with E-state index in [1.165, 1.54) is 41.5 Å². The molecule has 1 aliphatic carbocycles. The first-order chi connectivity index (χ1) is 10.7. The minimum absolute atomic E-state index is 0.645. The molecule has 2 heteroatoms. The molecule has 2 atom stereocenters. The molecule has 1 aromatic heterocycles. The Kier molecular flexibility index (Phi) is 3.25. The Morgan fingerprint density at radius 2 is 1.77 bits per heavy atom. The van der Waals surface area contributed by atoms with Crippen molar-refractivity contribution in [1.82, 2.24) is 4.57 Å². The number of hydrogen-bond acceptors (Lipinski definition) is 0. The summed E-state index contributed by atoms with van der Waals surface area (Å²) in [6.45, 7) is 4.51. The fourth-order valence-corrected chi connectivity index (χ4v) is 3.77. The van der Waals surface area contributed by atoms with E-state index in [1.54, 1.807) is 0 Å². The van der Waals surface area contributed by atoms with E-state index in [-0.39, 0.29) is 0 Å². The molecule has 3 aromatic rings. The van der Waals surface area contributed by atoms with Crippen molar-refractivity contribution in [2.75, 3.05) is 0 Å². The molecule has 112 valence electrons. The van der Waals surface area contributed by atoms with E-state index < -0.39 is 0 Å². The van der Waals surface area contributed by atoms with Gasteiger partial charge in [-0.1, -0.05) is 36.8 Å². The van der Waals surface area contributed by atoms with Gasteiger partial charge in [0, 0.05) is 0 Å². The smallest absolute Gasteiger partial charge is 0.227 e. The van der Waals surface area contributed by atoms with Crippen molar-refractivity contribution in [2.24, 2.45) is 5.92 Å². The number of hydrogen-bond donors (Lipinski definition) is 0. The van der Waals surface area contributed by atoms with Gasteiger partial charge < -0.3 is 0 Å². The van der Waals surface area contributed by atoms with Crippen LogP contribution < -0.4 is 4.57 Å². The summed E-state index contributed by atoms with van der Waals surface area (Å²) in [6, 6.07) is 18.2. The molecule has 1 saturated carbocycles. The van der Waals surface area contributed by atoms with Gasteiger partial charge in [-0.2, -0.15) is 4.57 Å². The molecule has 0 amide bonds. The van der Waals surface area contributed by atoms with Crippen molar-refractivity contribution >= 4 is 11.0 Å². The van der Waals surface area contributed by atoms with Gasteiger partial charge in [0.1, 0.15) is 11.7 Å². The first-order valence-corrected chi connectivity index (χ1v) is 8.30. The average Bonchev–Trinajstić information content (AvgIpc) is 3.12. The zero-order valence-corrected chi connectivity index (χ0v) is 13.4. The van der Waals surface area contributed by atoms with Crippen molar-refractivity contribution in [3.63, 3.8) is 0 Å². The first-order valence-electron chi connectivity index (χ1n) is 8.30. The number of aryl methyl sites for hydroxylation is 1. The van der Waals surface area contributed by atoms with E-state index in [0.29, 0.717) is 6.04 Å². The second-order valence-corrected chi connectivity index (χ2v) is 6.79. The minimum atomic E-state index is 0.645. The molecule has 0 saturated heterocycles. The fraction of sp³-hybridized carbons (Fsp3) is 0.350. The summed E-state index contributed by atoms with van der Waals surface area (Å²) in [5.41, 5.74) is 5.19. The van der Waals surface area contributed by atoms with Crippen LogP contribution in [0.3, 0.4) is 0 Å². The third kappa shape index (κ3) is 2.23. The van der Waals surface area contributed by atoms with Crippen LogP contribution in [-0.4, -0.2) is 4.57 Å². The lowest BCUT2D eigenvalue weighted by Gasteiger charge is -2.06. The second-order valence-electron chi connectivity index (χ2n) is 6.79. The van der Waals surface area contributed by atoms with Crippen LogP contribution in [0.5, 0.6) is 0 Å². The predicted octanol–water partition coefficient (Wildman–Crippen LogP) is 4.59. The normalized spacial score (nSPS) is 21.5. The highest BCUT2D eigenvalue weighted by Crippen LogP contribution is 2.32. The first kappa shape index (κ1) is 13.6. The molecule has 0 aliphatic heterocycles. The molecule has 1 fully saturated rings. The second kappa shape index (κ2) is 5.28. The van der Waals surface area contributed by atoms with Crippen molar-refractivity contribution in [1.29, 1.82) is 0 Å². The van der Waals surface area contributed by atoms with Crippen LogP contribution in [-0.2, 0) is 0 Å². The van der Waals surface area contributed by atoms with Gasteiger partial charge in [0.2, 0.25) is 6.33 Å². The number of para-hydroxylation sites is 2. The number of benzene rings is 2. The molecule has 1 aliphatic rings. The highest BCUT2D eigenvalue weighted by molar-refractivity contribution is 5.74. The van der Waals surface area contributed by atoms with Crippen molar-refractivity contribution in [3.05, 3.63) is 60.4 Å². The van der Waals surface area contributed by atoms with Crippen LogP contribution in [0.2, 0.25) is 0 Å². The van der Waals surface area contributed by atoms with E-state index in [1.807, 2.05) is 0 Å². The van der Waals surface area contributed by atoms with E-state index >= 15 is 0 Å². The van der Waals surface area contributed by atoms with Crippen LogP contribution in [0.15, 0.2) is 54.9 Å². The Balaban J connectivity index is 1.87. The molecule has 22 heavy (non-hydrogen) atoms. The SMILES string of the molecule is Cc1ccc(-n2c[n+](C3CCC(C)C3)c3ccccc32)cc1. The van der Waals surface area contributed by atoms with Gasteiger partial charge in [-0.25, -0.2) is 4.57 Å². The zero-order chi connectivity index (χ0) is 15.1. The molecule has 2 unspecified atom stereocenters. The molecular formula is C20H23N2+. The number of fused-ring (bicyclic) bond motifs is 1. The molecule has 2 nitrogen and oxygen atoms in total. The number of nitrogens with zero attached hydrogens (tertiary/aromatic N) is 2. The molecule has 0 radical (unpaired) electrons. The summed E-state index contributed by atoms with van der Waals surface area (Å²) < 4.78 is 4.83. The third-order valence-electron chi connectivity index (χ3n) is 5.03. The Bertz CT molecular complexity index is 798. The quantitative estimate of drug-likeness (QED) is 0.611. The minimum Gasteiger partial charge on any atom is -0.227 e. The van der Waals surface area contributed by atoms with Gasteiger partial charge in [-0.05, 0) is 56.4 Å². The van der Waals surface area contributed by atoms with E-state index in [2.05, 4.69) is 77.8 Å². The zero-order valence-electron chi connectivity index (χ0n) is 13.4. The number of imidazole rings is 1. The van der Waals surface area contributed by atoms with E-state index in [9.17, 15) is 0 Å². The summed E-state index contributed by atoms with van der Waals surface area (Å²) in [6.07, 6.45) is 6.25. The summed E-state index contributed by atoms with van der Waals surface area (Å²) in [4.78, 5) is 0. The monoisotopic (exact) mass is 291 g/mol. The van der Waals surface area contributed by atoms with Crippen LogP contribution in [0.4, 0.5) is 0 Å². The predicted molar refractivity (Wildman–Crippen MR) is 90.3 cm³/mol. The molecular weight excluding hydrogens is 268 g/mol. The summed E-state index contributed by atoms with van der Waals surface area (Å²) in [5.74, 6) is 0.846. The average molecular weight is 291 g/mol. The van der Waals surface area contributed by atoms with Crippen molar-refractivity contribution < 1.29 is 4.57 Å². The van der Waals surface area contributed by atoms with Crippen LogP contribution in [0.1, 0.15) is 37.8 Å². The Hall–Kier alpha value is -2.09. The molecule has 1 heterocycles. The summed E-state index contributed by atoms with van der Waals surface area (Å²) in [7, 11) is 0. The van der Waals surface area contributed by atoms with Crippen LogP contribution in [0, 0.1) is 12.8 Å². The maximum absolute atomic E-state index is 2.50. The maximum Gasteiger partial charge on any atom is 0.250 e. The van der Waals surface area contributed by atoms with Gasteiger partial charge in [0.25, 0.3) is 0 Å². The number of rotatable bonds is 2. The molecule has 0 spiro atoms. The van der Waals surface area contributed by atoms with E-state index in [0.717, 1.165) is 5.92 Å². The maximum atomic E-state index is 2.50. The lowest BCUT2D eigenvalue weighted by atomic mass is 10.1. The van der Waals surface area contributed by atoms with Crippen LogP contribution >= 0.6 is 0 Å². The number of aromatic nitrogens is 2. The lowest BCUT2D eigenvalue weighted by molar-refractivity contribution is -0.698. The van der Waals surface area contributed by atoms with Crippen molar-refractivity contribution in [3.8, 4) is 5.69 Å². The highest BCUT2D eigenvalue weighted by atomic mass is 15.2. The standard InChI is InChI=1S/C20H23N2/c1-15-7-10-17(11-8-15)21-14-22(18-12-9-16(2)13-18)20-6-4-3-5-19(20)21/h3-8,10-11,14,16,18H,9,12-13H2,1-2H3/q+1. The third-order valence-corrected chi connectivity index (χ3v) is 5.03. The fourth-order valence-electron chi connectivity index (χ4n) is 3.77. The molecule has 0 bridgehead atoms. The highest BCUT2D eigenvalue weighted by Gasteiger charge is 2.29. The van der Waals surface area contributed by atoms with Crippen molar-refractivity contribution in [2.45, 2.75) is 39.2 Å². The lowest BCUT2D eigenvalue weighted by Crippen LogP contribution is -2.36. The van der Waals surface area contributed by atoms with Gasteiger partial charge in [-0.15, -0.1) is 0 Å². The molecule has 0 N–H and O–H groups in total. The Labute approximate surface area is 132 Å². The van der Waals surface area contributed by atoms with Crippen LogP contribution in [0.25, 0.3) is 16.7 Å². The van der Waals surface area contributed by atoms with Gasteiger partial charge >= 0.3 is 0 Å². The Morgan fingerprint density at radius 3 is 2.50 bits per heavy atom. The summed E-state index contributed by atoms with van der Waals surface area (Å²) in [5, 5.41) is 0. The van der Waals surface area contributed by atoms with E-state index in [4.69, 9.17) is 0 Å². The van der Waals surface area contributed by atoms with Gasteiger partial charge in [0.05, 0.1) is 0 Å². The molecule has 4 rings (SSSR count). The van der Waals surface area contributed by atoms with Gasteiger partial charge in [0.15, 0.2) is 11.0 Å². The Morgan fingerprint density at radius 1 is 1.00 bits per heavy atom. The summed E-state index contributed by atoms with van der Waals surface area (Å²) >= 11 is 0.